The predicted molar refractivity (Wildman–Crippen MR) is 70.1 cm³/mol. The Hall–Kier alpha value is -1.25. The number of nitrogen functional groups attached to an aromatic ring is 1. The van der Waals surface area contributed by atoms with Gasteiger partial charge in [0.15, 0.2) is 0 Å². The van der Waals surface area contributed by atoms with Crippen LogP contribution >= 0.6 is 0 Å². The number of ether oxygens (including phenoxy) is 1. The minimum Gasteiger partial charge on any atom is -0.474 e. The Labute approximate surface area is 103 Å². The van der Waals surface area contributed by atoms with Crippen LogP contribution in [0, 0.1) is 12.8 Å². The van der Waals surface area contributed by atoms with Crippen molar-refractivity contribution in [2.24, 2.45) is 5.92 Å². The molecule has 17 heavy (non-hydrogen) atoms. The fourth-order valence-electron chi connectivity index (χ4n) is 2.53. The lowest BCUT2D eigenvalue weighted by atomic mass is 9.85. The summed E-state index contributed by atoms with van der Waals surface area (Å²) in [6.45, 7) is 4.20. The summed E-state index contributed by atoms with van der Waals surface area (Å²) in [5, 5.41) is 0. The van der Waals surface area contributed by atoms with Gasteiger partial charge in [-0.3, -0.25) is 0 Å². The molecule has 0 aliphatic heterocycles. The summed E-state index contributed by atoms with van der Waals surface area (Å²) in [5.74, 6) is 1.35. The maximum absolute atomic E-state index is 6.00. The largest absolute Gasteiger partial charge is 0.474 e. The van der Waals surface area contributed by atoms with E-state index in [0.717, 1.165) is 17.7 Å². The van der Waals surface area contributed by atoms with Crippen molar-refractivity contribution < 1.29 is 4.74 Å². The Kier molecular flexibility index (Phi) is 3.87. The maximum Gasteiger partial charge on any atom is 0.215 e. The number of nitrogens with two attached hydrogens (primary N) is 1. The summed E-state index contributed by atoms with van der Waals surface area (Å²) in [4.78, 5) is 4.30. The first kappa shape index (κ1) is 12.2. The molecule has 1 saturated carbocycles. The number of hydrogen-bond acceptors (Lipinski definition) is 3. The summed E-state index contributed by atoms with van der Waals surface area (Å²) in [6, 6.07) is 1.84. The van der Waals surface area contributed by atoms with Gasteiger partial charge >= 0.3 is 0 Å². The van der Waals surface area contributed by atoms with E-state index in [1.165, 1.54) is 25.7 Å². The molecule has 0 aromatic carbocycles. The Balaban J connectivity index is 2.05. The third kappa shape index (κ3) is 2.90. The van der Waals surface area contributed by atoms with Gasteiger partial charge in [0.25, 0.3) is 0 Å². The smallest absolute Gasteiger partial charge is 0.215 e. The van der Waals surface area contributed by atoms with Crippen LogP contribution in [0.5, 0.6) is 5.88 Å². The van der Waals surface area contributed by atoms with Crippen LogP contribution in [0.3, 0.4) is 0 Å². The highest BCUT2D eigenvalue weighted by Crippen LogP contribution is 2.30. The van der Waals surface area contributed by atoms with Gasteiger partial charge in [0.1, 0.15) is 6.10 Å². The van der Waals surface area contributed by atoms with Gasteiger partial charge in [0.05, 0.1) is 0 Å². The average Bonchev–Trinajstić information content (AvgIpc) is 2.34. The van der Waals surface area contributed by atoms with Gasteiger partial charge in [-0.05, 0) is 44.1 Å². The second-order valence-electron chi connectivity index (χ2n) is 4.99. The van der Waals surface area contributed by atoms with E-state index in [4.69, 9.17) is 10.5 Å². The molecule has 0 spiro atoms. The number of aromatic nitrogens is 1. The molecule has 1 aliphatic carbocycles. The minimum absolute atomic E-state index is 0.323. The first-order chi connectivity index (χ1) is 8.20. The first-order valence-electron chi connectivity index (χ1n) is 6.59. The van der Waals surface area contributed by atoms with Gasteiger partial charge in [-0.1, -0.05) is 13.3 Å². The van der Waals surface area contributed by atoms with E-state index in [1.807, 2.05) is 13.0 Å². The van der Waals surface area contributed by atoms with E-state index in [0.29, 0.717) is 17.9 Å². The van der Waals surface area contributed by atoms with Crippen molar-refractivity contribution >= 4 is 5.69 Å². The predicted octanol–water partition coefficient (Wildman–Crippen LogP) is 3.32. The molecule has 0 bridgehead atoms. The van der Waals surface area contributed by atoms with Crippen LogP contribution in [0.1, 0.15) is 44.6 Å². The number of aryl methyl sites for hydroxylation is 1. The van der Waals surface area contributed by atoms with Gasteiger partial charge in [-0.2, -0.15) is 0 Å². The van der Waals surface area contributed by atoms with Crippen molar-refractivity contribution in [2.45, 2.75) is 52.1 Å². The second-order valence-corrected chi connectivity index (χ2v) is 4.99. The molecule has 2 atom stereocenters. The lowest BCUT2D eigenvalue weighted by molar-refractivity contribution is 0.0859. The van der Waals surface area contributed by atoms with Gasteiger partial charge in [-0.15, -0.1) is 0 Å². The van der Waals surface area contributed by atoms with Crippen LogP contribution in [0.25, 0.3) is 0 Å². The van der Waals surface area contributed by atoms with E-state index < -0.39 is 0 Å². The molecule has 1 aromatic rings. The molecule has 0 radical (unpaired) electrons. The maximum atomic E-state index is 6.00. The van der Waals surface area contributed by atoms with Crippen LogP contribution in [0.2, 0.25) is 0 Å². The molecule has 0 saturated heterocycles. The van der Waals surface area contributed by atoms with Crippen LogP contribution in [-0.4, -0.2) is 11.1 Å². The molecule has 0 amide bonds. The zero-order valence-electron chi connectivity index (χ0n) is 10.8. The number of pyridine rings is 1. The Bertz CT molecular complexity index is 378. The normalized spacial score (nSPS) is 24.6. The van der Waals surface area contributed by atoms with Crippen LogP contribution in [0.15, 0.2) is 12.3 Å². The molecular weight excluding hydrogens is 212 g/mol. The number of anilines is 1. The van der Waals surface area contributed by atoms with Crippen molar-refractivity contribution in [1.82, 2.24) is 4.98 Å². The number of rotatable bonds is 3. The first-order valence-corrected chi connectivity index (χ1v) is 6.59. The van der Waals surface area contributed by atoms with E-state index in [1.54, 1.807) is 6.20 Å². The molecule has 1 heterocycles. The lowest BCUT2D eigenvalue weighted by Gasteiger charge is -2.30. The molecule has 2 N–H and O–H groups in total. The standard InChI is InChI=1S/C14H22N2O/c1-3-11-6-4-5-7-13(11)17-14-8-12(15)10(2)9-16-14/h8-9,11,13H,3-7H2,1-2H3,(H2,15,16). The SMILES string of the molecule is CCC1CCCCC1Oc1cc(N)c(C)cn1. The van der Waals surface area contributed by atoms with Crippen molar-refractivity contribution in [2.75, 3.05) is 5.73 Å². The van der Waals surface area contributed by atoms with Crippen LogP contribution < -0.4 is 10.5 Å². The third-order valence-corrected chi connectivity index (χ3v) is 3.76. The lowest BCUT2D eigenvalue weighted by Crippen LogP contribution is -2.30. The zero-order chi connectivity index (χ0) is 12.3. The number of hydrogen-bond donors (Lipinski definition) is 1. The Morgan fingerprint density at radius 1 is 1.41 bits per heavy atom. The topological polar surface area (TPSA) is 48.1 Å². The quantitative estimate of drug-likeness (QED) is 0.872. The van der Waals surface area contributed by atoms with Crippen molar-refractivity contribution in [3.8, 4) is 5.88 Å². The molecule has 3 heteroatoms. The molecule has 2 unspecified atom stereocenters. The molecule has 1 aliphatic rings. The van der Waals surface area contributed by atoms with E-state index in [2.05, 4.69) is 11.9 Å². The average molecular weight is 234 g/mol. The molecule has 94 valence electrons. The molecule has 1 fully saturated rings. The van der Waals surface area contributed by atoms with Crippen LogP contribution in [-0.2, 0) is 0 Å². The summed E-state index contributed by atoms with van der Waals surface area (Å²) < 4.78 is 6.00. The van der Waals surface area contributed by atoms with Gasteiger partial charge in [0.2, 0.25) is 5.88 Å². The highest BCUT2D eigenvalue weighted by Gasteiger charge is 2.25. The van der Waals surface area contributed by atoms with E-state index in [9.17, 15) is 0 Å². The zero-order valence-corrected chi connectivity index (χ0v) is 10.8. The van der Waals surface area contributed by atoms with Gasteiger partial charge in [-0.25, -0.2) is 4.98 Å². The fraction of sp³-hybridized carbons (Fsp3) is 0.643. The molecule has 2 rings (SSSR count). The Morgan fingerprint density at radius 3 is 2.88 bits per heavy atom. The summed E-state index contributed by atoms with van der Waals surface area (Å²) in [6.07, 6.45) is 8.32. The van der Waals surface area contributed by atoms with Crippen LogP contribution in [0.4, 0.5) is 5.69 Å². The highest BCUT2D eigenvalue weighted by molar-refractivity contribution is 5.47. The molecular formula is C14H22N2O. The van der Waals surface area contributed by atoms with Gasteiger partial charge < -0.3 is 10.5 Å². The van der Waals surface area contributed by atoms with Crippen molar-refractivity contribution in [1.29, 1.82) is 0 Å². The Morgan fingerprint density at radius 2 is 2.18 bits per heavy atom. The third-order valence-electron chi connectivity index (χ3n) is 3.76. The van der Waals surface area contributed by atoms with E-state index in [-0.39, 0.29) is 0 Å². The number of nitrogens with zero attached hydrogens (tertiary/aromatic N) is 1. The highest BCUT2D eigenvalue weighted by atomic mass is 16.5. The summed E-state index contributed by atoms with van der Waals surface area (Å²) in [7, 11) is 0. The van der Waals surface area contributed by atoms with Crippen molar-refractivity contribution in [3.05, 3.63) is 17.8 Å². The van der Waals surface area contributed by atoms with E-state index >= 15 is 0 Å². The minimum atomic E-state index is 0.323. The second kappa shape index (κ2) is 5.39. The fourth-order valence-corrected chi connectivity index (χ4v) is 2.53. The molecule has 1 aromatic heterocycles. The summed E-state index contributed by atoms with van der Waals surface area (Å²) in [5.41, 5.74) is 7.64. The summed E-state index contributed by atoms with van der Waals surface area (Å²) >= 11 is 0. The van der Waals surface area contributed by atoms with Gasteiger partial charge in [0, 0.05) is 18.0 Å². The monoisotopic (exact) mass is 234 g/mol. The van der Waals surface area contributed by atoms with Crippen molar-refractivity contribution in [3.63, 3.8) is 0 Å². The molecule has 3 nitrogen and oxygen atoms in total.